The Kier molecular flexibility index (Phi) is 7.35. The minimum absolute atomic E-state index is 0.0342. The van der Waals surface area contributed by atoms with Crippen molar-refractivity contribution in [2.24, 2.45) is 5.92 Å². The molecule has 4 nitrogen and oxygen atoms in total. The summed E-state index contributed by atoms with van der Waals surface area (Å²) in [4.78, 5) is 0. The lowest BCUT2D eigenvalue weighted by Gasteiger charge is -2.19. The lowest BCUT2D eigenvalue weighted by Crippen LogP contribution is -2.37. The fourth-order valence-corrected chi connectivity index (χ4v) is 3.55. The summed E-state index contributed by atoms with van der Waals surface area (Å²) < 4.78 is 27.1. The fourth-order valence-electron chi connectivity index (χ4n) is 2.04. The van der Waals surface area contributed by atoms with E-state index in [9.17, 15) is 8.42 Å². The Hall–Kier alpha value is -0.910. The second-order valence-corrected chi connectivity index (χ2v) is 7.40. The Bertz CT molecular complexity index is 512. The van der Waals surface area contributed by atoms with Crippen LogP contribution >= 0.6 is 0 Å². The third kappa shape index (κ3) is 6.59. The summed E-state index contributed by atoms with van der Waals surface area (Å²) in [7, 11) is -3.28. The molecule has 0 aliphatic heterocycles. The molecule has 120 valence electrons. The van der Waals surface area contributed by atoms with E-state index in [4.69, 9.17) is 0 Å². The number of rotatable bonds is 9. The van der Waals surface area contributed by atoms with Gasteiger partial charge in [-0.1, -0.05) is 51.5 Å². The maximum atomic E-state index is 12.2. The van der Waals surface area contributed by atoms with Crippen molar-refractivity contribution in [2.45, 2.75) is 52.5 Å². The smallest absolute Gasteiger partial charge is 0.216 e. The highest BCUT2D eigenvalue weighted by molar-refractivity contribution is 7.88. The summed E-state index contributed by atoms with van der Waals surface area (Å²) in [6.45, 7) is 9.85. The fraction of sp³-hybridized carbons (Fsp3) is 0.625. The summed E-state index contributed by atoms with van der Waals surface area (Å²) in [5.41, 5.74) is 1.98. The van der Waals surface area contributed by atoms with Gasteiger partial charge in [-0.15, -0.1) is 0 Å². The molecule has 0 spiro atoms. The predicted octanol–water partition coefficient (Wildman–Crippen LogP) is 2.65. The molecule has 1 aromatic carbocycles. The Morgan fingerprint density at radius 2 is 1.62 bits per heavy atom. The number of benzene rings is 1. The van der Waals surface area contributed by atoms with Crippen molar-refractivity contribution in [2.75, 3.05) is 6.54 Å². The lowest BCUT2D eigenvalue weighted by atomic mass is 10.0. The molecular formula is C16H28N2O2S. The number of hydrogen-bond acceptors (Lipinski definition) is 3. The van der Waals surface area contributed by atoms with Crippen molar-refractivity contribution < 1.29 is 8.42 Å². The summed E-state index contributed by atoms with van der Waals surface area (Å²) in [5, 5.41) is 3.25. The molecule has 21 heavy (non-hydrogen) atoms. The summed E-state index contributed by atoms with van der Waals surface area (Å²) >= 11 is 0. The molecule has 2 N–H and O–H groups in total. The monoisotopic (exact) mass is 312 g/mol. The van der Waals surface area contributed by atoms with Gasteiger partial charge in [0, 0.05) is 12.6 Å². The molecule has 0 bridgehead atoms. The van der Waals surface area contributed by atoms with Crippen molar-refractivity contribution in [3.8, 4) is 0 Å². The maximum absolute atomic E-state index is 12.2. The zero-order chi connectivity index (χ0) is 15.9. The highest BCUT2D eigenvalue weighted by Crippen LogP contribution is 2.11. The van der Waals surface area contributed by atoms with Crippen LogP contribution < -0.4 is 10.0 Å². The van der Waals surface area contributed by atoms with Gasteiger partial charge in [0.1, 0.15) is 0 Å². The van der Waals surface area contributed by atoms with Gasteiger partial charge in [0.15, 0.2) is 0 Å². The topological polar surface area (TPSA) is 58.2 Å². The zero-order valence-corrected chi connectivity index (χ0v) is 14.3. The Morgan fingerprint density at radius 1 is 1.05 bits per heavy atom. The van der Waals surface area contributed by atoms with E-state index in [-0.39, 0.29) is 11.8 Å². The number of nitrogens with one attached hydrogen (secondary N) is 2. The van der Waals surface area contributed by atoms with Gasteiger partial charge >= 0.3 is 0 Å². The molecule has 5 heteroatoms. The molecular weight excluding hydrogens is 284 g/mol. The molecule has 1 aromatic rings. The Labute approximate surface area is 129 Å². The first-order valence-corrected chi connectivity index (χ1v) is 9.31. The highest BCUT2D eigenvalue weighted by atomic mass is 32.2. The van der Waals surface area contributed by atoms with Crippen LogP contribution in [0.1, 0.15) is 45.2 Å². The summed E-state index contributed by atoms with van der Waals surface area (Å²) in [6, 6.07) is 7.70. The van der Waals surface area contributed by atoms with Gasteiger partial charge in [-0.3, -0.25) is 0 Å². The van der Waals surface area contributed by atoms with Gasteiger partial charge < -0.3 is 5.32 Å². The highest BCUT2D eigenvalue weighted by Gasteiger charge is 2.18. The molecule has 0 saturated carbocycles. The average Bonchev–Trinajstić information content (AvgIpc) is 2.44. The van der Waals surface area contributed by atoms with Gasteiger partial charge in [-0.25, -0.2) is 13.1 Å². The van der Waals surface area contributed by atoms with Crippen LogP contribution in [0.4, 0.5) is 0 Å². The minimum atomic E-state index is -3.28. The molecule has 0 amide bonds. The van der Waals surface area contributed by atoms with Gasteiger partial charge in [-0.05, 0) is 30.5 Å². The zero-order valence-electron chi connectivity index (χ0n) is 13.5. The van der Waals surface area contributed by atoms with Crippen molar-refractivity contribution in [3.63, 3.8) is 0 Å². The molecule has 2 atom stereocenters. The first kappa shape index (κ1) is 18.1. The van der Waals surface area contributed by atoms with E-state index in [0.29, 0.717) is 5.92 Å². The van der Waals surface area contributed by atoms with Crippen LogP contribution in [-0.2, 0) is 22.3 Å². The molecule has 0 heterocycles. The van der Waals surface area contributed by atoms with Crippen molar-refractivity contribution in [3.05, 3.63) is 35.4 Å². The van der Waals surface area contributed by atoms with E-state index in [1.807, 2.05) is 31.2 Å². The molecule has 0 aliphatic rings. The Balaban J connectivity index is 2.62. The first-order valence-electron chi connectivity index (χ1n) is 7.66. The third-order valence-corrected chi connectivity index (χ3v) is 5.27. The van der Waals surface area contributed by atoms with Crippen molar-refractivity contribution in [1.29, 1.82) is 0 Å². The minimum Gasteiger partial charge on any atom is -0.313 e. The van der Waals surface area contributed by atoms with E-state index in [2.05, 4.69) is 30.8 Å². The van der Waals surface area contributed by atoms with Crippen LogP contribution in [0.3, 0.4) is 0 Å². The largest absolute Gasteiger partial charge is 0.313 e. The van der Waals surface area contributed by atoms with E-state index in [1.165, 1.54) is 5.56 Å². The van der Waals surface area contributed by atoms with Crippen molar-refractivity contribution in [1.82, 2.24) is 10.0 Å². The van der Waals surface area contributed by atoms with Crippen LogP contribution in [0.5, 0.6) is 0 Å². The quantitative estimate of drug-likeness (QED) is 0.737. The van der Waals surface area contributed by atoms with E-state index in [1.54, 1.807) is 0 Å². The molecule has 0 saturated heterocycles. The van der Waals surface area contributed by atoms with Gasteiger partial charge in [0.25, 0.3) is 0 Å². The SMILES string of the molecule is CCNCc1ccc(CS(=O)(=O)NC(C)C(C)CC)cc1. The van der Waals surface area contributed by atoms with Gasteiger partial charge in [0.05, 0.1) is 5.75 Å². The van der Waals surface area contributed by atoms with Crippen LogP contribution in [0, 0.1) is 5.92 Å². The molecule has 0 radical (unpaired) electrons. The van der Waals surface area contributed by atoms with Crippen LogP contribution in [0.2, 0.25) is 0 Å². The maximum Gasteiger partial charge on any atom is 0.216 e. The number of hydrogen-bond donors (Lipinski definition) is 2. The molecule has 1 rings (SSSR count). The van der Waals surface area contributed by atoms with Crippen LogP contribution in [0.15, 0.2) is 24.3 Å². The lowest BCUT2D eigenvalue weighted by molar-refractivity contribution is 0.434. The van der Waals surface area contributed by atoms with E-state index in [0.717, 1.165) is 25.1 Å². The molecule has 0 fully saturated rings. The molecule has 0 aromatic heterocycles. The van der Waals surface area contributed by atoms with E-state index >= 15 is 0 Å². The molecule has 2 unspecified atom stereocenters. The van der Waals surface area contributed by atoms with Crippen molar-refractivity contribution >= 4 is 10.0 Å². The standard InChI is InChI=1S/C16H28N2O2S/c1-5-13(3)14(4)18-21(19,20)12-16-9-7-15(8-10-16)11-17-6-2/h7-10,13-14,17-18H,5-6,11-12H2,1-4H3. The van der Waals surface area contributed by atoms with Crippen LogP contribution in [-0.4, -0.2) is 21.0 Å². The van der Waals surface area contributed by atoms with Crippen LogP contribution in [0.25, 0.3) is 0 Å². The second-order valence-electron chi connectivity index (χ2n) is 5.65. The second kappa shape index (κ2) is 8.51. The summed E-state index contributed by atoms with van der Waals surface area (Å²) in [6.07, 6.45) is 0.961. The average molecular weight is 312 g/mol. The first-order chi connectivity index (χ1) is 9.88. The predicted molar refractivity (Wildman–Crippen MR) is 88.5 cm³/mol. The Morgan fingerprint density at radius 3 is 2.14 bits per heavy atom. The normalized spacial score (nSPS) is 14.9. The molecule has 0 aliphatic carbocycles. The van der Waals surface area contributed by atoms with Gasteiger partial charge in [0.2, 0.25) is 10.0 Å². The summed E-state index contributed by atoms with van der Waals surface area (Å²) in [5.74, 6) is 0.372. The third-order valence-electron chi connectivity index (χ3n) is 3.82. The van der Waals surface area contributed by atoms with Gasteiger partial charge in [-0.2, -0.15) is 0 Å². The van der Waals surface area contributed by atoms with E-state index < -0.39 is 10.0 Å². The number of sulfonamides is 1.